The van der Waals surface area contributed by atoms with Gasteiger partial charge in [-0.3, -0.25) is 9.59 Å². The lowest BCUT2D eigenvalue weighted by atomic mass is 10.0. The molecule has 2 unspecified atom stereocenters. The second-order valence-corrected chi connectivity index (χ2v) is 26.2. The molecule has 0 bridgehead atoms. The van der Waals surface area contributed by atoms with E-state index in [-0.39, 0.29) is 38.2 Å². The number of quaternary nitrogens is 1. The van der Waals surface area contributed by atoms with Crippen LogP contribution in [0.3, 0.4) is 0 Å². The van der Waals surface area contributed by atoms with Crippen molar-refractivity contribution in [1.82, 2.24) is 0 Å². The topological polar surface area (TPSA) is 108 Å². The van der Waals surface area contributed by atoms with Crippen LogP contribution >= 0.6 is 0 Å². The number of carboxylic acid groups (broad SMARTS) is 1. The van der Waals surface area contributed by atoms with Crippen molar-refractivity contribution in [2.24, 2.45) is 0 Å². The van der Waals surface area contributed by atoms with Crippen LogP contribution in [0.4, 0.5) is 0 Å². The van der Waals surface area contributed by atoms with Gasteiger partial charge >= 0.3 is 17.9 Å². The number of hydrogen-bond donors (Lipinski definition) is 1. The Kier molecular flexibility index (Phi) is 67.1. The zero-order valence-corrected chi connectivity index (χ0v) is 58.8. The van der Waals surface area contributed by atoms with Gasteiger partial charge in [0.2, 0.25) is 0 Å². The van der Waals surface area contributed by atoms with Crippen molar-refractivity contribution < 1.29 is 42.9 Å². The number of unbranched alkanes of at least 4 members (excludes halogenated alkanes) is 38. The molecule has 0 fully saturated rings. The van der Waals surface area contributed by atoms with Crippen LogP contribution in [0.5, 0.6) is 0 Å². The Bertz CT molecular complexity index is 1790. The number of carbonyl (C=O) groups is 3. The summed E-state index contributed by atoms with van der Waals surface area (Å²) in [5, 5.41) is 9.76. The SMILES string of the molecule is CC/C=C\C/C=C\C/C=C\C/C=C\CCCCCCCCCCCCCCCCCCCCCCCCCCC(=O)OC(COC(=O)CCCCCCCCCCCCCCCC/C=C\C/C=C\C/C=C\C/C=C\CC)COC(OCC[N+](C)(C)C)C(=O)O. The molecule has 9 heteroatoms. The van der Waals surface area contributed by atoms with Crippen LogP contribution < -0.4 is 0 Å². The molecule has 0 aromatic carbocycles. The zero-order chi connectivity index (χ0) is 64.7. The molecule has 0 aromatic heterocycles. The largest absolute Gasteiger partial charge is 0.477 e. The molecule has 0 saturated heterocycles. The molecule has 1 N–H and O–H groups in total. The second kappa shape index (κ2) is 70.1. The molecule has 0 aliphatic heterocycles. The molecule has 0 spiro atoms. The number of hydrogen-bond acceptors (Lipinski definition) is 7. The van der Waals surface area contributed by atoms with E-state index in [1.165, 1.54) is 218 Å². The molecule has 0 rings (SSSR count). The van der Waals surface area contributed by atoms with Crippen molar-refractivity contribution in [3.8, 4) is 0 Å². The van der Waals surface area contributed by atoms with Crippen molar-refractivity contribution in [3.63, 3.8) is 0 Å². The van der Waals surface area contributed by atoms with Gasteiger partial charge in [-0.05, 0) is 89.9 Å². The van der Waals surface area contributed by atoms with Gasteiger partial charge in [0, 0.05) is 12.8 Å². The zero-order valence-electron chi connectivity index (χ0n) is 58.8. The first-order chi connectivity index (χ1) is 43.6. The summed E-state index contributed by atoms with van der Waals surface area (Å²) >= 11 is 0. The fraction of sp³-hybridized carbons (Fsp3) is 0.762. The van der Waals surface area contributed by atoms with Gasteiger partial charge in [-0.1, -0.05) is 329 Å². The first-order valence-corrected chi connectivity index (χ1v) is 37.4. The lowest BCUT2D eigenvalue weighted by Gasteiger charge is -2.25. The predicted octanol–water partition coefficient (Wildman–Crippen LogP) is 23.6. The van der Waals surface area contributed by atoms with Crippen molar-refractivity contribution >= 4 is 17.9 Å². The van der Waals surface area contributed by atoms with Gasteiger partial charge in [-0.15, -0.1) is 0 Å². The number of esters is 2. The summed E-state index contributed by atoms with van der Waals surface area (Å²) in [4.78, 5) is 37.7. The third kappa shape index (κ3) is 71.5. The Balaban J connectivity index is 4.02. The predicted molar refractivity (Wildman–Crippen MR) is 382 cm³/mol. The minimum absolute atomic E-state index is 0.182. The van der Waals surface area contributed by atoms with Gasteiger partial charge in [0.15, 0.2) is 6.10 Å². The van der Waals surface area contributed by atoms with Gasteiger partial charge in [0.05, 0.1) is 34.4 Å². The van der Waals surface area contributed by atoms with Crippen molar-refractivity contribution in [2.45, 2.75) is 347 Å². The Hall–Kier alpha value is -3.79. The maximum Gasteiger partial charge on any atom is 0.361 e. The Morgan fingerprint density at radius 3 is 0.899 bits per heavy atom. The summed E-state index contributed by atoms with van der Waals surface area (Å²) in [6, 6.07) is 0. The average molecular weight is 1250 g/mol. The van der Waals surface area contributed by atoms with Crippen LogP contribution in [0.1, 0.15) is 335 Å². The van der Waals surface area contributed by atoms with E-state index < -0.39 is 18.4 Å². The number of nitrogens with zero attached hydrogens (tertiary/aromatic N) is 1. The van der Waals surface area contributed by atoms with E-state index in [9.17, 15) is 19.5 Å². The molecule has 9 nitrogen and oxygen atoms in total. The smallest absolute Gasteiger partial charge is 0.361 e. The number of likely N-dealkylation sites (N-methyl/N-ethyl adjacent to an activating group) is 1. The third-order valence-corrected chi connectivity index (χ3v) is 16.3. The van der Waals surface area contributed by atoms with E-state index >= 15 is 0 Å². The van der Waals surface area contributed by atoms with Crippen LogP contribution in [0, 0.1) is 0 Å². The minimum Gasteiger partial charge on any atom is -0.477 e. The van der Waals surface area contributed by atoms with Crippen LogP contribution in [0.2, 0.25) is 0 Å². The molecule has 0 aliphatic rings. The fourth-order valence-electron chi connectivity index (χ4n) is 10.7. The van der Waals surface area contributed by atoms with Gasteiger partial charge in [-0.25, -0.2) is 4.79 Å². The minimum atomic E-state index is -1.51. The van der Waals surface area contributed by atoms with Crippen LogP contribution in [0.25, 0.3) is 0 Å². The van der Waals surface area contributed by atoms with Crippen molar-refractivity contribution in [3.05, 3.63) is 97.2 Å². The molecular weight excluding hydrogens is 1100 g/mol. The summed E-state index contributed by atoms with van der Waals surface area (Å²) < 4.78 is 23.0. The molecule has 2 atom stereocenters. The summed E-state index contributed by atoms with van der Waals surface area (Å²) in [6.45, 7) is 4.69. The number of carboxylic acids is 1. The first-order valence-electron chi connectivity index (χ1n) is 37.4. The third-order valence-electron chi connectivity index (χ3n) is 16.3. The molecule has 514 valence electrons. The number of rotatable bonds is 69. The highest BCUT2D eigenvalue weighted by Crippen LogP contribution is 2.19. The maximum absolute atomic E-state index is 13.0. The van der Waals surface area contributed by atoms with E-state index in [0.717, 1.165) is 89.9 Å². The quantitative estimate of drug-likeness (QED) is 0.0211. The summed E-state index contributed by atoms with van der Waals surface area (Å²) in [6.07, 6.45) is 94.0. The normalized spacial score (nSPS) is 13.2. The van der Waals surface area contributed by atoms with Crippen molar-refractivity contribution in [1.29, 1.82) is 0 Å². The Morgan fingerprint density at radius 1 is 0.337 bits per heavy atom. The Labute approximate surface area is 550 Å². The lowest BCUT2D eigenvalue weighted by molar-refractivity contribution is -0.870. The first kappa shape index (κ1) is 85.2. The Morgan fingerprint density at radius 2 is 0.607 bits per heavy atom. The molecule has 0 amide bonds. The van der Waals surface area contributed by atoms with Crippen LogP contribution in [-0.2, 0) is 33.3 Å². The molecule has 0 aromatic rings. The highest BCUT2D eigenvalue weighted by molar-refractivity contribution is 5.71. The molecule has 0 heterocycles. The number of carbonyl (C=O) groups excluding carboxylic acids is 2. The lowest BCUT2D eigenvalue weighted by Crippen LogP contribution is -2.40. The highest BCUT2D eigenvalue weighted by atomic mass is 16.7. The highest BCUT2D eigenvalue weighted by Gasteiger charge is 2.25. The molecular formula is C80H142NO8+. The number of allylic oxidation sites excluding steroid dienone is 16. The summed E-state index contributed by atoms with van der Waals surface area (Å²) in [5.41, 5.74) is 0. The fourth-order valence-corrected chi connectivity index (χ4v) is 10.7. The molecule has 89 heavy (non-hydrogen) atoms. The average Bonchev–Trinajstić information content (AvgIpc) is 3.70. The van der Waals surface area contributed by atoms with E-state index in [1.54, 1.807) is 0 Å². The van der Waals surface area contributed by atoms with Gasteiger partial charge in [-0.2, -0.15) is 0 Å². The van der Waals surface area contributed by atoms with E-state index in [2.05, 4.69) is 111 Å². The van der Waals surface area contributed by atoms with E-state index in [1.807, 2.05) is 21.1 Å². The maximum atomic E-state index is 13.0. The molecule has 0 radical (unpaired) electrons. The van der Waals surface area contributed by atoms with E-state index in [0.29, 0.717) is 17.4 Å². The van der Waals surface area contributed by atoms with E-state index in [4.69, 9.17) is 18.9 Å². The molecule has 0 aliphatic carbocycles. The molecule has 0 saturated carbocycles. The standard InChI is InChI=1S/C80H141NO8/c1-6-8-10-12-14-16-18-20-22-24-26-28-30-32-34-35-36-37-38-39-40-41-42-43-45-47-49-51-53-55-57-59-61-63-65-67-69-71-78(83)89-76(75-88-80(79(84)85)86-73-72-81(3,4)5)74-87-77(82)70-68-66-64-62-60-58-56-54-52-50-48-46-44-33-31-29-27-25-23-21-19-17-15-13-11-9-7-2/h8-11,14-17,20-23,26-29,76,80H,6-7,12-13,18-19,24-25,30-75H2,1-5H3/p+1/b10-8-,11-9-,16-14-,17-15-,22-20-,23-21-,28-26-,29-27-. The second-order valence-electron chi connectivity index (χ2n) is 26.2. The van der Waals surface area contributed by atoms with Crippen LogP contribution in [0.15, 0.2) is 97.2 Å². The summed E-state index contributed by atoms with van der Waals surface area (Å²) in [5.74, 6) is -1.99. The van der Waals surface area contributed by atoms with Gasteiger partial charge in [0.25, 0.3) is 6.29 Å². The van der Waals surface area contributed by atoms with Crippen molar-refractivity contribution in [2.75, 3.05) is 47.5 Å². The van der Waals surface area contributed by atoms with Crippen LogP contribution in [-0.4, -0.2) is 87.4 Å². The summed E-state index contributed by atoms with van der Waals surface area (Å²) in [7, 11) is 5.99. The number of ether oxygens (including phenoxy) is 4. The van der Waals surface area contributed by atoms with Gasteiger partial charge < -0.3 is 28.5 Å². The monoisotopic (exact) mass is 1250 g/mol. The number of aliphatic carboxylic acids is 1. The van der Waals surface area contributed by atoms with Gasteiger partial charge in [0.1, 0.15) is 13.2 Å².